The molecule has 0 spiro atoms. The van der Waals surface area contributed by atoms with Gasteiger partial charge >= 0.3 is 6.18 Å². The second-order valence-corrected chi connectivity index (χ2v) is 8.65. The fraction of sp³-hybridized carbons (Fsp3) is 0.417. The molecule has 1 aliphatic rings. The van der Waals surface area contributed by atoms with Crippen LogP contribution in [0.1, 0.15) is 23.4 Å². The van der Waals surface area contributed by atoms with E-state index in [9.17, 15) is 26.3 Å². The molecular formula is C24H23F6N3O3. The van der Waals surface area contributed by atoms with Crippen molar-refractivity contribution in [2.24, 2.45) is 5.41 Å². The molecule has 194 valence electrons. The minimum Gasteiger partial charge on any atom is -0.493 e. The number of alkyl halides is 5. The molecule has 3 aromatic rings. The summed E-state index contributed by atoms with van der Waals surface area (Å²) in [7, 11) is 2.71. The molecule has 1 aromatic heterocycles. The van der Waals surface area contributed by atoms with E-state index in [0.29, 0.717) is 22.8 Å². The summed E-state index contributed by atoms with van der Waals surface area (Å²) in [5.74, 6) is -3.38. The normalized spacial score (nSPS) is 18.8. The first-order valence-corrected chi connectivity index (χ1v) is 10.9. The van der Waals surface area contributed by atoms with Crippen LogP contribution in [0.2, 0.25) is 0 Å². The van der Waals surface area contributed by atoms with Gasteiger partial charge in [-0.15, -0.1) is 0 Å². The first-order valence-electron chi connectivity index (χ1n) is 10.9. The quantitative estimate of drug-likeness (QED) is 0.365. The van der Waals surface area contributed by atoms with Crippen LogP contribution < -0.4 is 14.8 Å². The van der Waals surface area contributed by atoms with Crippen molar-refractivity contribution in [3.63, 3.8) is 0 Å². The van der Waals surface area contributed by atoms with Crippen molar-refractivity contribution >= 4 is 16.7 Å². The van der Waals surface area contributed by atoms with Gasteiger partial charge in [-0.3, -0.25) is 0 Å². The zero-order chi connectivity index (χ0) is 26.3. The molecule has 0 amide bonds. The largest absolute Gasteiger partial charge is 0.493 e. The molecule has 1 N–H and O–H groups in total. The molecule has 0 radical (unpaired) electrons. The minimum atomic E-state index is -4.83. The van der Waals surface area contributed by atoms with Crippen LogP contribution in [0.5, 0.6) is 11.5 Å². The van der Waals surface area contributed by atoms with Crippen LogP contribution in [0.3, 0.4) is 0 Å². The van der Waals surface area contributed by atoms with Gasteiger partial charge in [0.15, 0.2) is 11.5 Å². The number of hydrogen-bond donors (Lipinski definition) is 1. The lowest BCUT2D eigenvalue weighted by molar-refractivity contribution is -0.140. The Labute approximate surface area is 202 Å². The summed E-state index contributed by atoms with van der Waals surface area (Å²) < 4.78 is 97.6. The predicted octanol–water partition coefficient (Wildman–Crippen LogP) is 5.77. The van der Waals surface area contributed by atoms with E-state index in [-0.39, 0.29) is 49.1 Å². The second kappa shape index (κ2) is 9.30. The van der Waals surface area contributed by atoms with Gasteiger partial charge in [0.05, 0.1) is 30.2 Å². The Balaban J connectivity index is 1.65. The summed E-state index contributed by atoms with van der Waals surface area (Å²) in [5.41, 5.74) is -2.63. The van der Waals surface area contributed by atoms with Crippen LogP contribution >= 0.6 is 0 Å². The number of halogens is 6. The Bertz CT molecular complexity index is 1280. The van der Waals surface area contributed by atoms with Crippen molar-refractivity contribution < 1.29 is 40.6 Å². The number of benzene rings is 2. The van der Waals surface area contributed by atoms with Crippen LogP contribution in [-0.2, 0) is 17.5 Å². The number of rotatable bonds is 9. The van der Waals surface area contributed by atoms with Gasteiger partial charge in [-0.1, -0.05) is 12.1 Å². The molecule has 4 rings (SSSR count). The fourth-order valence-corrected chi connectivity index (χ4v) is 4.00. The van der Waals surface area contributed by atoms with Gasteiger partial charge in [-0.2, -0.15) is 13.2 Å². The lowest BCUT2D eigenvalue weighted by Gasteiger charge is -2.19. The second-order valence-electron chi connectivity index (χ2n) is 8.65. The number of ether oxygens (including phenoxy) is 3. The van der Waals surface area contributed by atoms with Crippen molar-refractivity contribution in [2.45, 2.75) is 32.0 Å². The Kier molecular flexibility index (Phi) is 6.67. The van der Waals surface area contributed by atoms with E-state index in [2.05, 4.69) is 15.3 Å². The lowest BCUT2D eigenvalue weighted by atomic mass is 10.1. The van der Waals surface area contributed by atoms with Crippen LogP contribution in [0.4, 0.5) is 32.2 Å². The van der Waals surface area contributed by atoms with Crippen LogP contribution in [0.15, 0.2) is 30.3 Å². The first-order chi connectivity index (χ1) is 16.9. The molecule has 2 aromatic carbocycles. The molecule has 0 bridgehead atoms. The van der Waals surface area contributed by atoms with Gasteiger partial charge < -0.3 is 19.5 Å². The molecule has 6 nitrogen and oxygen atoms in total. The fourth-order valence-electron chi connectivity index (χ4n) is 4.00. The number of aryl methyl sites for hydroxylation is 1. The molecule has 0 aliphatic heterocycles. The van der Waals surface area contributed by atoms with Gasteiger partial charge in [0.25, 0.3) is 5.92 Å². The van der Waals surface area contributed by atoms with Gasteiger partial charge in [-0.05, 0) is 19.1 Å². The molecule has 1 fully saturated rings. The number of methoxy groups -OCH3 is 2. The molecule has 1 heterocycles. The Morgan fingerprint density at radius 3 is 2.39 bits per heavy atom. The van der Waals surface area contributed by atoms with Gasteiger partial charge in [0.2, 0.25) is 0 Å². The highest BCUT2D eigenvalue weighted by Gasteiger charge is 2.71. The van der Waals surface area contributed by atoms with Crippen LogP contribution in [0, 0.1) is 18.2 Å². The molecule has 12 heteroatoms. The van der Waals surface area contributed by atoms with Crippen molar-refractivity contribution in [3.8, 4) is 11.5 Å². The van der Waals surface area contributed by atoms with Crippen LogP contribution in [-0.4, -0.2) is 43.3 Å². The lowest BCUT2D eigenvalue weighted by Crippen LogP contribution is -2.25. The van der Waals surface area contributed by atoms with E-state index >= 15 is 0 Å². The first kappa shape index (κ1) is 25.8. The van der Waals surface area contributed by atoms with E-state index in [0.717, 1.165) is 6.07 Å². The number of fused-ring (bicyclic) bond motifs is 1. The predicted molar refractivity (Wildman–Crippen MR) is 119 cm³/mol. The van der Waals surface area contributed by atoms with Crippen LogP contribution in [0.25, 0.3) is 10.9 Å². The molecule has 1 atom stereocenters. The number of nitrogens with zero attached hydrogens (tertiary/aromatic N) is 2. The Hall–Kier alpha value is -3.28. The van der Waals surface area contributed by atoms with E-state index in [4.69, 9.17) is 14.2 Å². The smallest absolute Gasteiger partial charge is 0.419 e. The third kappa shape index (κ3) is 4.86. The number of nitrogens with one attached hydrogen (secondary N) is 1. The molecular weight excluding hydrogens is 492 g/mol. The number of aromatic nitrogens is 2. The molecule has 1 unspecified atom stereocenters. The summed E-state index contributed by atoms with van der Waals surface area (Å²) in [4.78, 5) is 8.61. The van der Waals surface area contributed by atoms with Crippen molar-refractivity contribution in [2.75, 3.05) is 32.8 Å². The zero-order valence-electron chi connectivity index (χ0n) is 19.6. The van der Waals surface area contributed by atoms with Crippen molar-refractivity contribution in [1.82, 2.24) is 9.97 Å². The number of anilines is 1. The van der Waals surface area contributed by atoms with E-state index < -0.39 is 28.9 Å². The zero-order valence-corrected chi connectivity index (χ0v) is 19.6. The molecule has 36 heavy (non-hydrogen) atoms. The number of hydrogen-bond acceptors (Lipinski definition) is 6. The maximum Gasteiger partial charge on any atom is 0.419 e. The standard InChI is InChI=1S/C24H23F6N3O3/c1-13-32-17-8-18(35-3)19(36-12-22(11-34-2)10-23(22,26)27)7-15(17)21(33-13)31-9-14-5-4-6-16(20(14)25)24(28,29)30/h4-8H,9-12H2,1-3H3,(H,31,32,33). The summed E-state index contributed by atoms with van der Waals surface area (Å²) >= 11 is 0. The Morgan fingerprint density at radius 1 is 1.06 bits per heavy atom. The topological polar surface area (TPSA) is 65.5 Å². The monoisotopic (exact) mass is 515 g/mol. The highest BCUT2D eigenvalue weighted by atomic mass is 19.4. The Morgan fingerprint density at radius 2 is 1.78 bits per heavy atom. The van der Waals surface area contributed by atoms with E-state index in [1.165, 1.54) is 32.4 Å². The highest BCUT2D eigenvalue weighted by molar-refractivity contribution is 5.91. The average molecular weight is 515 g/mol. The van der Waals surface area contributed by atoms with E-state index in [1.807, 2.05) is 0 Å². The highest BCUT2D eigenvalue weighted by Crippen LogP contribution is 2.60. The maximum absolute atomic E-state index is 14.5. The molecule has 1 saturated carbocycles. The van der Waals surface area contributed by atoms with Gasteiger partial charge in [-0.25, -0.2) is 23.1 Å². The molecule has 1 aliphatic carbocycles. The molecule has 0 saturated heterocycles. The van der Waals surface area contributed by atoms with Gasteiger partial charge in [0, 0.05) is 37.1 Å². The minimum absolute atomic E-state index is 0.143. The third-order valence-corrected chi connectivity index (χ3v) is 6.06. The van der Waals surface area contributed by atoms with E-state index in [1.54, 1.807) is 6.92 Å². The SMILES string of the molecule is COCC1(COc2cc3c(NCc4cccc(C(F)(F)F)c4F)nc(C)nc3cc2OC)CC1(F)F. The summed E-state index contributed by atoms with van der Waals surface area (Å²) in [6.07, 6.45) is -5.21. The summed E-state index contributed by atoms with van der Waals surface area (Å²) in [6, 6.07) is 6.03. The third-order valence-electron chi connectivity index (χ3n) is 6.06. The average Bonchev–Trinajstić information content (AvgIpc) is 3.35. The summed E-state index contributed by atoms with van der Waals surface area (Å²) in [6.45, 7) is 0.789. The maximum atomic E-state index is 14.5. The van der Waals surface area contributed by atoms with Gasteiger partial charge in [0.1, 0.15) is 24.1 Å². The van der Waals surface area contributed by atoms with Crippen molar-refractivity contribution in [1.29, 1.82) is 0 Å². The summed E-state index contributed by atoms with van der Waals surface area (Å²) in [5, 5.41) is 3.23. The van der Waals surface area contributed by atoms with Crippen molar-refractivity contribution in [3.05, 3.63) is 53.1 Å².